The minimum atomic E-state index is -5.31. The van der Waals surface area contributed by atoms with Gasteiger partial charge in [-0.3, -0.25) is 4.79 Å². The molecule has 0 atom stereocenters. The zero-order valence-corrected chi connectivity index (χ0v) is 20.0. The first kappa shape index (κ1) is 26.5. The van der Waals surface area contributed by atoms with E-state index < -0.39 is 29.9 Å². The van der Waals surface area contributed by atoms with Gasteiger partial charge in [-0.15, -0.1) is 0 Å². The highest BCUT2D eigenvalue weighted by Crippen LogP contribution is 2.29. The van der Waals surface area contributed by atoms with Crippen LogP contribution in [0.2, 0.25) is 5.02 Å². The molecule has 1 heterocycles. The minimum absolute atomic E-state index is 0.0885. The summed E-state index contributed by atoms with van der Waals surface area (Å²) in [5.74, 6) is -3.38. The number of hydroxylamine groups is 2. The van der Waals surface area contributed by atoms with Gasteiger partial charge in [-0.05, 0) is 50.8 Å². The van der Waals surface area contributed by atoms with Gasteiger partial charge < -0.3 is 15.1 Å². The van der Waals surface area contributed by atoms with Gasteiger partial charge in [-0.25, -0.2) is 14.2 Å². The molecule has 0 spiro atoms. The van der Waals surface area contributed by atoms with Crippen molar-refractivity contribution >= 4 is 35.2 Å². The second kappa shape index (κ2) is 10.6. The first-order valence-electron chi connectivity index (χ1n) is 10.7. The summed E-state index contributed by atoms with van der Waals surface area (Å²) in [4.78, 5) is 39.5. The number of alkyl halides is 3. The lowest BCUT2D eigenvalue weighted by Gasteiger charge is -2.35. The summed E-state index contributed by atoms with van der Waals surface area (Å²) < 4.78 is 52.4. The molecule has 2 aromatic rings. The molecule has 8 nitrogen and oxygen atoms in total. The van der Waals surface area contributed by atoms with E-state index in [-0.39, 0.29) is 29.5 Å². The van der Waals surface area contributed by atoms with Crippen LogP contribution in [0.4, 0.5) is 29.3 Å². The quantitative estimate of drug-likeness (QED) is 0.460. The predicted molar refractivity (Wildman–Crippen MR) is 120 cm³/mol. The second-order valence-corrected chi connectivity index (χ2v) is 8.84. The molecular weight excluding hydrogens is 494 g/mol. The van der Waals surface area contributed by atoms with Gasteiger partial charge in [0, 0.05) is 42.5 Å². The van der Waals surface area contributed by atoms with Gasteiger partial charge in [-0.1, -0.05) is 11.6 Å². The van der Waals surface area contributed by atoms with Gasteiger partial charge in [-0.2, -0.15) is 23.2 Å². The predicted octanol–water partition coefficient (Wildman–Crippen LogP) is 4.53. The van der Waals surface area contributed by atoms with Crippen LogP contribution in [0.3, 0.4) is 0 Å². The summed E-state index contributed by atoms with van der Waals surface area (Å²) in [7, 11) is 3.62. The Bertz CT molecular complexity index is 1070. The van der Waals surface area contributed by atoms with Crippen molar-refractivity contribution in [2.75, 3.05) is 24.3 Å². The summed E-state index contributed by atoms with van der Waals surface area (Å²) in [5.41, 5.74) is 0.419. The van der Waals surface area contributed by atoms with Crippen molar-refractivity contribution in [3.05, 3.63) is 46.4 Å². The molecule has 1 aliphatic rings. The van der Waals surface area contributed by atoms with Crippen LogP contribution in [-0.4, -0.2) is 59.3 Å². The van der Waals surface area contributed by atoms with Crippen LogP contribution in [-0.2, 0) is 9.63 Å². The Morgan fingerprint density at radius 1 is 1.09 bits per heavy atom. The SMILES string of the molecule is Cc1cc(NC2CCC(N(OC(=O)C(F)(F)F)C(=O)c3cc(F)cc(Cl)c3)CC2)nc(N(C)C)n1. The molecule has 1 aromatic heterocycles. The van der Waals surface area contributed by atoms with Crippen LogP contribution in [0.25, 0.3) is 0 Å². The summed E-state index contributed by atoms with van der Waals surface area (Å²) in [6.07, 6.45) is -3.97. The summed E-state index contributed by atoms with van der Waals surface area (Å²) in [6, 6.07) is 3.68. The van der Waals surface area contributed by atoms with E-state index in [1.807, 2.05) is 21.0 Å². The molecule has 0 unspecified atom stereocenters. The van der Waals surface area contributed by atoms with Crippen LogP contribution in [0.15, 0.2) is 24.3 Å². The Hall–Kier alpha value is -3.15. The number of aromatic nitrogens is 2. The van der Waals surface area contributed by atoms with Crippen molar-refractivity contribution in [3.8, 4) is 0 Å². The molecular formula is C22H24ClF4N5O3. The largest absolute Gasteiger partial charge is 0.493 e. The second-order valence-electron chi connectivity index (χ2n) is 8.40. The number of anilines is 2. The molecule has 1 aromatic carbocycles. The number of nitrogens with one attached hydrogen (secondary N) is 1. The molecule has 13 heteroatoms. The zero-order chi connectivity index (χ0) is 25.9. The minimum Gasteiger partial charge on any atom is -0.367 e. The third kappa shape index (κ3) is 6.93. The fourth-order valence-electron chi connectivity index (χ4n) is 3.72. The summed E-state index contributed by atoms with van der Waals surface area (Å²) in [5, 5.41) is 3.54. The Morgan fingerprint density at radius 2 is 1.74 bits per heavy atom. The molecule has 35 heavy (non-hydrogen) atoms. The fourth-order valence-corrected chi connectivity index (χ4v) is 3.94. The Balaban J connectivity index is 1.75. The number of nitrogens with zero attached hydrogens (tertiary/aromatic N) is 4. The van der Waals surface area contributed by atoms with Crippen LogP contribution in [0, 0.1) is 12.7 Å². The molecule has 0 aliphatic heterocycles. The number of hydrogen-bond acceptors (Lipinski definition) is 7. The number of amides is 1. The summed E-state index contributed by atoms with van der Waals surface area (Å²) >= 11 is 5.78. The lowest BCUT2D eigenvalue weighted by atomic mass is 9.90. The first-order chi connectivity index (χ1) is 16.3. The van der Waals surface area contributed by atoms with Crippen molar-refractivity contribution in [2.24, 2.45) is 0 Å². The number of aryl methyl sites for hydroxylation is 1. The molecule has 0 saturated heterocycles. The van der Waals surface area contributed by atoms with Gasteiger partial charge in [0.1, 0.15) is 11.6 Å². The van der Waals surface area contributed by atoms with E-state index in [1.165, 1.54) is 0 Å². The van der Waals surface area contributed by atoms with E-state index in [4.69, 9.17) is 11.6 Å². The lowest BCUT2D eigenvalue weighted by Crippen LogP contribution is -2.47. The first-order valence-corrected chi connectivity index (χ1v) is 11.1. The maximum absolute atomic E-state index is 13.7. The molecule has 1 saturated carbocycles. The number of hydrogen-bond donors (Lipinski definition) is 1. The molecule has 1 aliphatic carbocycles. The van der Waals surface area contributed by atoms with E-state index in [1.54, 1.807) is 11.0 Å². The van der Waals surface area contributed by atoms with Crippen molar-refractivity contribution in [2.45, 2.75) is 50.9 Å². The number of halogens is 5. The maximum atomic E-state index is 13.7. The number of carbonyl (C=O) groups excluding carboxylic acids is 2. The molecule has 3 rings (SSSR count). The highest BCUT2D eigenvalue weighted by atomic mass is 35.5. The third-order valence-electron chi connectivity index (χ3n) is 5.35. The highest BCUT2D eigenvalue weighted by molar-refractivity contribution is 6.31. The number of carbonyl (C=O) groups is 2. The standard InChI is InChI=1S/C22H24ClF4N5O3/c1-12-8-18(30-21(28-12)31(2)3)29-16-4-6-17(7-5-16)32(35-20(34)22(25,26)27)19(33)13-9-14(23)11-15(24)10-13/h8-11,16-17H,4-7H2,1-3H3,(H,28,29,30). The van der Waals surface area contributed by atoms with Crippen molar-refractivity contribution in [3.63, 3.8) is 0 Å². The number of benzene rings is 1. The van der Waals surface area contributed by atoms with Gasteiger partial charge >= 0.3 is 12.1 Å². The maximum Gasteiger partial charge on any atom is 0.493 e. The Morgan fingerprint density at radius 3 is 2.31 bits per heavy atom. The Kier molecular flexibility index (Phi) is 8.04. The van der Waals surface area contributed by atoms with Crippen molar-refractivity contribution in [1.29, 1.82) is 0 Å². The van der Waals surface area contributed by atoms with E-state index in [2.05, 4.69) is 20.1 Å². The molecule has 1 amide bonds. The Labute approximate surface area is 204 Å². The smallest absolute Gasteiger partial charge is 0.367 e. The van der Waals surface area contributed by atoms with Crippen LogP contribution >= 0.6 is 11.6 Å². The average Bonchev–Trinajstić information content (AvgIpc) is 2.75. The van der Waals surface area contributed by atoms with Gasteiger partial charge in [0.25, 0.3) is 5.91 Å². The highest BCUT2D eigenvalue weighted by Gasteiger charge is 2.45. The average molecular weight is 518 g/mol. The molecule has 1 fully saturated rings. The van der Waals surface area contributed by atoms with Gasteiger partial charge in [0.15, 0.2) is 0 Å². The van der Waals surface area contributed by atoms with Gasteiger partial charge in [0.05, 0.1) is 6.04 Å². The van der Waals surface area contributed by atoms with Crippen LogP contribution in [0.1, 0.15) is 41.7 Å². The normalized spacial score (nSPS) is 18.1. The summed E-state index contributed by atoms with van der Waals surface area (Å²) in [6.45, 7) is 1.83. The molecule has 0 bridgehead atoms. The van der Waals surface area contributed by atoms with Crippen LogP contribution in [0.5, 0.6) is 0 Å². The monoisotopic (exact) mass is 517 g/mol. The molecule has 190 valence electrons. The van der Waals surface area contributed by atoms with E-state index in [0.29, 0.717) is 29.7 Å². The van der Waals surface area contributed by atoms with E-state index in [0.717, 1.165) is 23.9 Å². The van der Waals surface area contributed by atoms with E-state index in [9.17, 15) is 27.2 Å². The van der Waals surface area contributed by atoms with Crippen molar-refractivity contribution < 1.29 is 32.0 Å². The molecule has 1 N–H and O–H groups in total. The fraction of sp³-hybridized carbons (Fsp3) is 0.455. The van der Waals surface area contributed by atoms with Crippen LogP contribution < -0.4 is 10.2 Å². The zero-order valence-electron chi connectivity index (χ0n) is 19.2. The topological polar surface area (TPSA) is 87.7 Å². The molecule has 0 radical (unpaired) electrons. The lowest BCUT2D eigenvalue weighted by molar-refractivity contribution is -0.235. The van der Waals surface area contributed by atoms with Crippen molar-refractivity contribution in [1.82, 2.24) is 15.0 Å². The number of rotatable bonds is 5. The third-order valence-corrected chi connectivity index (χ3v) is 5.56. The van der Waals surface area contributed by atoms with Gasteiger partial charge in [0.2, 0.25) is 5.95 Å². The van der Waals surface area contributed by atoms with E-state index >= 15 is 0 Å².